The van der Waals surface area contributed by atoms with Crippen LogP contribution in [-0.4, -0.2) is 21.3 Å². The van der Waals surface area contributed by atoms with Crippen LogP contribution in [0.15, 0.2) is 0 Å². The van der Waals surface area contributed by atoms with Gasteiger partial charge in [0.15, 0.2) is 0 Å². The van der Waals surface area contributed by atoms with Crippen molar-refractivity contribution in [3.63, 3.8) is 0 Å². The minimum Gasteiger partial charge on any atom is -0.481 e. The van der Waals surface area contributed by atoms with E-state index in [9.17, 15) is 9.59 Å². The second kappa shape index (κ2) is 14.3. The molecule has 19 heavy (non-hydrogen) atoms. The summed E-state index contributed by atoms with van der Waals surface area (Å²) >= 11 is 2.37. The van der Waals surface area contributed by atoms with Gasteiger partial charge < -0.3 is 5.11 Å². The molecule has 0 bridgehead atoms. The van der Waals surface area contributed by atoms with Gasteiger partial charge in [-0.3, -0.25) is 9.59 Å². The average Bonchev–Trinajstić information content (AvgIpc) is 2.37. The molecule has 1 N–H and O–H groups in total. The highest BCUT2D eigenvalue weighted by Crippen LogP contribution is 2.11. The third-order valence-corrected chi connectivity index (χ3v) is 3.95. The maximum absolute atomic E-state index is 11.5. The second-order valence-electron chi connectivity index (χ2n) is 5.05. The van der Waals surface area contributed by atoms with Gasteiger partial charge in [0.05, 0.1) is 0 Å². The van der Waals surface area contributed by atoms with E-state index in [0.29, 0.717) is 5.78 Å². The number of carboxylic acid groups (broad SMARTS) is 1. The highest BCUT2D eigenvalue weighted by atomic mass is 127. The van der Waals surface area contributed by atoms with E-state index in [1.165, 1.54) is 17.3 Å². The van der Waals surface area contributed by atoms with Crippen molar-refractivity contribution in [3.8, 4) is 0 Å². The van der Waals surface area contributed by atoms with Crippen LogP contribution in [0.1, 0.15) is 77.0 Å². The smallest absolute Gasteiger partial charge is 0.303 e. The summed E-state index contributed by atoms with van der Waals surface area (Å²) in [4.78, 5) is 21.8. The molecule has 0 aromatic carbocycles. The zero-order valence-corrected chi connectivity index (χ0v) is 14.0. The standard InChI is InChI=1S/C15H27IO3/c16-13-9-5-7-11-14(17)10-6-3-1-2-4-8-12-15(18)19/h1-13H2,(H,18,19). The van der Waals surface area contributed by atoms with Crippen molar-refractivity contribution in [2.45, 2.75) is 77.0 Å². The van der Waals surface area contributed by atoms with E-state index in [2.05, 4.69) is 22.6 Å². The number of hydrogen-bond donors (Lipinski definition) is 1. The fourth-order valence-corrected chi connectivity index (χ4v) is 2.56. The first-order chi connectivity index (χ1) is 9.16. The summed E-state index contributed by atoms with van der Waals surface area (Å²) < 4.78 is 1.19. The average molecular weight is 382 g/mol. The molecule has 0 aliphatic rings. The van der Waals surface area contributed by atoms with Crippen LogP contribution in [0.25, 0.3) is 0 Å². The van der Waals surface area contributed by atoms with Gasteiger partial charge in [0.2, 0.25) is 0 Å². The van der Waals surface area contributed by atoms with Gasteiger partial charge in [-0.05, 0) is 30.1 Å². The van der Waals surface area contributed by atoms with E-state index in [1.807, 2.05) is 0 Å². The molecule has 112 valence electrons. The van der Waals surface area contributed by atoms with E-state index in [-0.39, 0.29) is 6.42 Å². The molecule has 0 radical (unpaired) electrons. The van der Waals surface area contributed by atoms with E-state index in [1.54, 1.807) is 0 Å². The van der Waals surface area contributed by atoms with E-state index in [0.717, 1.165) is 57.8 Å². The van der Waals surface area contributed by atoms with Gasteiger partial charge >= 0.3 is 5.97 Å². The van der Waals surface area contributed by atoms with Crippen molar-refractivity contribution < 1.29 is 14.7 Å². The Hall–Kier alpha value is -0.130. The van der Waals surface area contributed by atoms with E-state index < -0.39 is 5.97 Å². The lowest BCUT2D eigenvalue weighted by Gasteiger charge is -2.02. The van der Waals surface area contributed by atoms with E-state index >= 15 is 0 Å². The van der Waals surface area contributed by atoms with Crippen LogP contribution >= 0.6 is 22.6 Å². The minimum atomic E-state index is -0.701. The van der Waals surface area contributed by atoms with Crippen molar-refractivity contribution in [1.29, 1.82) is 0 Å². The third-order valence-electron chi connectivity index (χ3n) is 3.19. The molecule has 0 aliphatic heterocycles. The third kappa shape index (κ3) is 15.8. The Morgan fingerprint density at radius 3 is 1.58 bits per heavy atom. The Kier molecular flexibility index (Phi) is 14.2. The van der Waals surface area contributed by atoms with Gasteiger partial charge in [-0.15, -0.1) is 0 Å². The first-order valence-corrected chi connectivity index (χ1v) is 8.99. The summed E-state index contributed by atoms with van der Waals surface area (Å²) in [5.41, 5.74) is 0. The van der Waals surface area contributed by atoms with Crippen LogP contribution in [0.5, 0.6) is 0 Å². The molecule has 0 saturated heterocycles. The number of hydrogen-bond acceptors (Lipinski definition) is 2. The predicted octanol–water partition coefficient (Wildman–Crippen LogP) is 4.76. The SMILES string of the molecule is O=C(O)CCCCCCCCC(=O)CCCCCI. The summed E-state index contributed by atoms with van der Waals surface area (Å²) in [5, 5.41) is 8.48. The highest BCUT2D eigenvalue weighted by molar-refractivity contribution is 14.1. The molecule has 0 aromatic heterocycles. The van der Waals surface area contributed by atoms with Crippen LogP contribution in [0.2, 0.25) is 0 Å². The topological polar surface area (TPSA) is 54.4 Å². The molecular weight excluding hydrogens is 355 g/mol. The first-order valence-electron chi connectivity index (χ1n) is 7.46. The van der Waals surface area contributed by atoms with Crippen molar-refractivity contribution in [3.05, 3.63) is 0 Å². The zero-order chi connectivity index (χ0) is 14.3. The summed E-state index contributed by atoms with van der Waals surface area (Å²) in [6.07, 6.45) is 11.3. The number of Topliss-reactive ketones (excluding diaryl/α,β-unsaturated/α-hetero) is 1. The maximum Gasteiger partial charge on any atom is 0.303 e. The predicted molar refractivity (Wildman–Crippen MR) is 86.9 cm³/mol. The molecule has 0 saturated carbocycles. The molecule has 0 fully saturated rings. The van der Waals surface area contributed by atoms with Gasteiger partial charge in [0.25, 0.3) is 0 Å². The Balaban J connectivity index is 3.16. The summed E-state index contributed by atoms with van der Waals surface area (Å²) in [6, 6.07) is 0. The number of alkyl halides is 1. The lowest BCUT2D eigenvalue weighted by molar-refractivity contribution is -0.137. The van der Waals surface area contributed by atoms with Crippen LogP contribution in [-0.2, 0) is 9.59 Å². The van der Waals surface area contributed by atoms with Gasteiger partial charge in [-0.2, -0.15) is 0 Å². The minimum absolute atomic E-state index is 0.287. The molecule has 0 spiro atoms. The summed E-state index contributed by atoms with van der Waals surface area (Å²) in [6.45, 7) is 0. The van der Waals surface area contributed by atoms with Crippen molar-refractivity contribution in [2.75, 3.05) is 4.43 Å². The molecule has 0 atom stereocenters. The molecule has 0 aromatic rings. The number of carboxylic acids is 1. The maximum atomic E-state index is 11.5. The lowest BCUT2D eigenvalue weighted by Crippen LogP contribution is -1.97. The fraction of sp³-hybridized carbons (Fsp3) is 0.867. The van der Waals surface area contributed by atoms with Crippen LogP contribution in [0.3, 0.4) is 0 Å². The first kappa shape index (κ1) is 18.9. The Morgan fingerprint density at radius 1 is 0.684 bits per heavy atom. The molecule has 3 nitrogen and oxygen atoms in total. The number of carbonyl (C=O) groups excluding carboxylic acids is 1. The Bertz CT molecular complexity index is 242. The number of halogens is 1. The number of rotatable bonds is 14. The molecular formula is C15H27IO3. The second-order valence-corrected chi connectivity index (χ2v) is 6.13. The monoisotopic (exact) mass is 382 g/mol. The van der Waals surface area contributed by atoms with Gasteiger partial charge in [-0.1, -0.05) is 54.7 Å². The Morgan fingerprint density at radius 2 is 1.11 bits per heavy atom. The van der Waals surface area contributed by atoms with Crippen LogP contribution in [0.4, 0.5) is 0 Å². The van der Waals surface area contributed by atoms with Gasteiger partial charge in [0.1, 0.15) is 5.78 Å². The number of unbranched alkanes of at least 4 members (excludes halogenated alkanes) is 7. The van der Waals surface area contributed by atoms with Crippen LogP contribution < -0.4 is 0 Å². The largest absolute Gasteiger partial charge is 0.481 e. The van der Waals surface area contributed by atoms with Crippen LogP contribution in [0, 0.1) is 0 Å². The van der Waals surface area contributed by atoms with Gasteiger partial charge in [-0.25, -0.2) is 0 Å². The van der Waals surface area contributed by atoms with Crippen molar-refractivity contribution in [1.82, 2.24) is 0 Å². The zero-order valence-electron chi connectivity index (χ0n) is 11.8. The summed E-state index contributed by atoms with van der Waals surface area (Å²) in [5.74, 6) is -0.285. The number of carbonyl (C=O) groups is 2. The molecule has 0 amide bonds. The Labute approximate surface area is 130 Å². The van der Waals surface area contributed by atoms with Crippen molar-refractivity contribution in [2.24, 2.45) is 0 Å². The number of ketones is 1. The lowest BCUT2D eigenvalue weighted by atomic mass is 10.0. The normalized spacial score (nSPS) is 10.6. The molecule has 0 unspecified atom stereocenters. The van der Waals surface area contributed by atoms with Gasteiger partial charge in [0, 0.05) is 19.3 Å². The van der Waals surface area contributed by atoms with E-state index in [4.69, 9.17) is 5.11 Å². The number of aliphatic carboxylic acids is 1. The molecule has 4 heteroatoms. The summed E-state index contributed by atoms with van der Waals surface area (Å²) in [7, 11) is 0. The molecule has 0 rings (SSSR count). The molecule has 0 heterocycles. The van der Waals surface area contributed by atoms with Crippen molar-refractivity contribution >= 4 is 34.3 Å². The molecule has 0 aliphatic carbocycles. The highest BCUT2D eigenvalue weighted by Gasteiger charge is 2.02. The quantitative estimate of drug-likeness (QED) is 0.268. The fourth-order valence-electron chi connectivity index (χ4n) is 2.02.